The number of likely N-dealkylation sites (tertiary alicyclic amines) is 1. The Morgan fingerprint density at radius 1 is 1.26 bits per heavy atom. The maximum atomic E-state index is 6.12. The van der Waals surface area contributed by atoms with E-state index in [-0.39, 0.29) is 4.75 Å². The monoisotopic (exact) mass is 391 g/mol. The first-order chi connectivity index (χ1) is 13.2. The fourth-order valence-electron chi connectivity index (χ4n) is 3.87. The van der Waals surface area contributed by atoms with Crippen LogP contribution in [0.2, 0.25) is 0 Å². The highest BCUT2D eigenvalue weighted by molar-refractivity contribution is 8.00. The van der Waals surface area contributed by atoms with Gasteiger partial charge in [0.05, 0.1) is 0 Å². The van der Waals surface area contributed by atoms with Crippen LogP contribution in [-0.4, -0.2) is 67.4 Å². The molecule has 0 amide bonds. The molecule has 0 unspecified atom stereocenters. The van der Waals surface area contributed by atoms with E-state index < -0.39 is 0 Å². The van der Waals surface area contributed by atoms with Crippen LogP contribution in [0.3, 0.4) is 0 Å². The number of thioether (sulfide) groups is 1. The van der Waals surface area contributed by atoms with Crippen molar-refractivity contribution in [2.45, 2.75) is 43.5 Å². The third-order valence-corrected chi connectivity index (χ3v) is 6.88. The van der Waals surface area contributed by atoms with Crippen molar-refractivity contribution in [3.05, 3.63) is 30.3 Å². The average Bonchev–Trinajstić information content (AvgIpc) is 2.71. The maximum Gasteiger partial charge on any atom is 0.193 e. The maximum absolute atomic E-state index is 6.12. The molecule has 0 saturated carbocycles. The molecule has 0 spiro atoms. The fourth-order valence-corrected chi connectivity index (χ4v) is 5.11. The van der Waals surface area contributed by atoms with Crippen LogP contribution in [0, 0.1) is 0 Å². The molecule has 0 aliphatic carbocycles. The van der Waals surface area contributed by atoms with Crippen LogP contribution in [0.5, 0.6) is 5.75 Å². The first-order valence-corrected chi connectivity index (χ1v) is 11.1. The Balaban J connectivity index is 1.48. The molecule has 0 aromatic heterocycles. The zero-order valence-electron chi connectivity index (χ0n) is 16.7. The summed E-state index contributed by atoms with van der Waals surface area (Å²) in [6.07, 6.45) is 4.57. The van der Waals surface area contributed by atoms with E-state index in [1.54, 1.807) is 0 Å². The predicted octanol–water partition coefficient (Wildman–Crippen LogP) is 3.41. The second kappa shape index (κ2) is 10.2. The number of para-hydroxylation sites is 1. The highest BCUT2D eigenvalue weighted by atomic mass is 32.2. The topological polar surface area (TPSA) is 46.1 Å². The first kappa shape index (κ1) is 20.3. The number of benzene rings is 1. The number of nitrogens with one attached hydrogen (secondary N) is 1. The van der Waals surface area contributed by atoms with Crippen molar-refractivity contribution in [1.29, 1.82) is 0 Å². The van der Waals surface area contributed by atoms with Crippen LogP contribution in [0.15, 0.2) is 35.3 Å². The van der Waals surface area contributed by atoms with Gasteiger partial charge in [-0.25, -0.2) is 0 Å². The van der Waals surface area contributed by atoms with Gasteiger partial charge in [0.15, 0.2) is 5.96 Å². The Labute approximate surface area is 167 Å². The van der Waals surface area contributed by atoms with Gasteiger partial charge in [0.25, 0.3) is 0 Å². The highest BCUT2D eigenvalue weighted by Gasteiger charge is 2.33. The van der Waals surface area contributed by atoms with E-state index in [1.165, 1.54) is 0 Å². The Hall–Kier alpha value is -1.40. The molecule has 1 N–H and O–H groups in total. The lowest BCUT2D eigenvalue weighted by Gasteiger charge is -2.39. The van der Waals surface area contributed by atoms with Gasteiger partial charge in [-0.05, 0) is 30.7 Å². The molecule has 2 aliphatic heterocycles. The molecular weight excluding hydrogens is 358 g/mol. The Morgan fingerprint density at radius 2 is 1.96 bits per heavy atom. The molecule has 0 bridgehead atoms. The van der Waals surface area contributed by atoms with Crippen molar-refractivity contribution in [1.82, 2.24) is 10.2 Å². The molecule has 27 heavy (non-hydrogen) atoms. The number of nitrogens with zero attached hydrogens (tertiary/aromatic N) is 2. The molecule has 1 aromatic carbocycles. The molecule has 150 valence electrons. The minimum Gasteiger partial charge on any atom is -0.490 e. The van der Waals surface area contributed by atoms with E-state index in [4.69, 9.17) is 9.47 Å². The van der Waals surface area contributed by atoms with E-state index in [0.717, 1.165) is 76.0 Å². The summed E-state index contributed by atoms with van der Waals surface area (Å²) in [4.78, 5) is 6.92. The molecular formula is C21H33N3O2S. The van der Waals surface area contributed by atoms with Crippen molar-refractivity contribution in [2.24, 2.45) is 4.99 Å². The van der Waals surface area contributed by atoms with Gasteiger partial charge >= 0.3 is 0 Å². The van der Waals surface area contributed by atoms with Crippen LogP contribution >= 0.6 is 11.8 Å². The molecule has 5 nitrogen and oxygen atoms in total. The SMILES string of the molecule is CCSC1(CNC(=NC)N2CCC(Oc3ccccc3)CC2)CCOCC1. The molecule has 0 atom stereocenters. The summed E-state index contributed by atoms with van der Waals surface area (Å²) in [5.74, 6) is 3.13. The lowest BCUT2D eigenvalue weighted by molar-refractivity contribution is 0.0778. The van der Waals surface area contributed by atoms with Crippen LogP contribution < -0.4 is 10.1 Å². The molecule has 0 radical (unpaired) electrons. The number of rotatable bonds is 6. The Bertz CT molecular complexity index is 577. The van der Waals surface area contributed by atoms with Crippen molar-refractivity contribution in [3.63, 3.8) is 0 Å². The van der Waals surface area contributed by atoms with Gasteiger partial charge in [0.1, 0.15) is 11.9 Å². The number of guanidine groups is 1. The second-order valence-electron chi connectivity index (χ2n) is 7.25. The summed E-state index contributed by atoms with van der Waals surface area (Å²) < 4.78 is 12.0. The molecule has 1 aromatic rings. The van der Waals surface area contributed by atoms with Gasteiger partial charge in [0.2, 0.25) is 0 Å². The molecule has 2 fully saturated rings. The van der Waals surface area contributed by atoms with Crippen LogP contribution in [-0.2, 0) is 4.74 Å². The van der Waals surface area contributed by atoms with E-state index >= 15 is 0 Å². The number of hydrogen-bond donors (Lipinski definition) is 1. The van der Waals surface area contributed by atoms with Gasteiger partial charge in [-0.15, -0.1) is 0 Å². The largest absolute Gasteiger partial charge is 0.490 e. The minimum absolute atomic E-state index is 0.275. The summed E-state index contributed by atoms with van der Waals surface area (Å²) >= 11 is 2.06. The summed E-state index contributed by atoms with van der Waals surface area (Å²) in [6.45, 7) is 6.91. The Kier molecular flexibility index (Phi) is 7.70. The van der Waals surface area contributed by atoms with E-state index in [0.29, 0.717) is 6.10 Å². The molecule has 2 heterocycles. The number of aliphatic imine (C=N–C) groups is 1. The van der Waals surface area contributed by atoms with Gasteiger partial charge in [-0.2, -0.15) is 11.8 Å². The highest BCUT2D eigenvalue weighted by Crippen LogP contribution is 2.34. The van der Waals surface area contributed by atoms with Crippen LogP contribution in [0.25, 0.3) is 0 Å². The zero-order chi connectivity index (χ0) is 19.0. The quantitative estimate of drug-likeness (QED) is 0.595. The van der Waals surface area contributed by atoms with E-state index in [9.17, 15) is 0 Å². The molecule has 2 saturated heterocycles. The fraction of sp³-hybridized carbons (Fsp3) is 0.667. The summed E-state index contributed by atoms with van der Waals surface area (Å²) in [5, 5.41) is 3.66. The lowest BCUT2D eigenvalue weighted by Crippen LogP contribution is -2.52. The van der Waals surface area contributed by atoms with Crippen LogP contribution in [0.4, 0.5) is 0 Å². The Morgan fingerprint density at radius 3 is 2.59 bits per heavy atom. The summed E-state index contributed by atoms with van der Waals surface area (Å²) in [7, 11) is 1.89. The minimum atomic E-state index is 0.275. The standard InChI is InChI=1S/C21H33N3O2S/c1-3-27-21(11-15-25-16-12-21)17-23-20(22-2)24-13-9-19(10-14-24)26-18-7-5-4-6-8-18/h4-8,19H,3,9-17H2,1-2H3,(H,22,23). The summed E-state index contributed by atoms with van der Waals surface area (Å²) in [6, 6.07) is 10.1. The normalized spacial score (nSPS) is 21.1. The van der Waals surface area contributed by atoms with Gasteiger partial charge in [-0.3, -0.25) is 4.99 Å². The predicted molar refractivity (Wildman–Crippen MR) is 114 cm³/mol. The van der Waals surface area contributed by atoms with E-state index in [2.05, 4.69) is 33.9 Å². The zero-order valence-corrected chi connectivity index (χ0v) is 17.5. The van der Waals surface area contributed by atoms with Crippen molar-refractivity contribution in [3.8, 4) is 5.75 Å². The molecule has 6 heteroatoms. The van der Waals surface area contributed by atoms with Crippen LogP contribution in [0.1, 0.15) is 32.6 Å². The van der Waals surface area contributed by atoms with Gasteiger partial charge < -0.3 is 19.7 Å². The number of ether oxygens (including phenoxy) is 2. The number of piperidine rings is 1. The van der Waals surface area contributed by atoms with Crippen molar-refractivity contribution >= 4 is 17.7 Å². The van der Waals surface area contributed by atoms with Crippen molar-refractivity contribution in [2.75, 3.05) is 45.6 Å². The number of hydrogen-bond acceptors (Lipinski definition) is 4. The lowest BCUT2D eigenvalue weighted by atomic mass is 9.99. The third kappa shape index (κ3) is 5.79. The molecule has 3 rings (SSSR count). The van der Waals surface area contributed by atoms with Crippen molar-refractivity contribution < 1.29 is 9.47 Å². The van der Waals surface area contributed by atoms with E-state index in [1.807, 2.05) is 37.4 Å². The molecule has 2 aliphatic rings. The third-order valence-electron chi connectivity index (χ3n) is 5.42. The van der Waals surface area contributed by atoms with Gasteiger partial charge in [-0.1, -0.05) is 25.1 Å². The smallest absolute Gasteiger partial charge is 0.193 e. The second-order valence-corrected chi connectivity index (χ2v) is 8.98. The first-order valence-electron chi connectivity index (χ1n) is 10.1. The van der Waals surface area contributed by atoms with Gasteiger partial charge in [0, 0.05) is 57.5 Å². The summed E-state index contributed by atoms with van der Waals surface area (Å²) in [5.41, 5.74) is 0. The average molecular weight is 392 g/mol.